The molecule has 2 aliphatic rings. The number of hydrogen-bond acceptors (Lipinski definition) is 3. The van der Waals surface area contributed by atoms with Gasteiger partial charge in [0.1, 0.15) is 0 Å². The zero-order valence-electron chi connectivity index (χ0n) is 15.0. The van der Waals surface area contributed by atoms with Crippen LogP contribution in [0.25, 0.3) is 11.6 Å². The second-order valence-electron chi connectivity index (χ2n) is 7.53. The predicted octanol–water partition coefficient (Wildman–Crippen LogP) is 4.44. The number of rotatable bonds is 5. The first kappa shape index (κ1) is 17.5. The number of carbonyl (C=O) groups excluding carboxylic acids is 1. The van der Waals surface area contributed by atoms with Crippen LogP contribution in [0, 0.1) is 22.0 Å². The van der Waals surface area contributed by atoms with Gasteiger partial charge >= 0.3 is 0 Å². The number of non-ortho nitro benzene ring substituents is 1. The van der Waals surface area contributed by atoms with E-state index in [0.717, 1.165) is 17.9 Å². The highest BCUT2D eigenvalue weighted by Crippen LogP contribution is 2.44. The summed E-state index contributed by atoms with van der Waals surface area (Å²) in [5.41, 5.74) is 2.01. The first-order valence-electron chi connectivity index (χ1n) is 9.42. The molecule has 2 fully saturated rings. The van der Waals surface area contributed by atoms with Crippen molar-refractivity contribution in [2.24, 2.45) is 11.8 Å². The van der Waals surface area contributed by atoms with Crippen molar-refractivity contribution in [2.45, 2.75) is 31.7 Å². The molecule has 4 rings (SSSR count). The van der Waals surface area contributed by atoms with Gasteiger partial charge in [0.25, 0.3) is 11.6 Å². The van der Waals surface area contributed by atoms with Crippen LogP contribution in [-0.2, 0) is 4.79 Å². The highest BCUT2D eigenvalue weighted by atomic mass is 16.6. The summed E-state index contributed by atoms with van der Waals surface area (Å²) in [7, 11) is 0. The third kappa shape index (κ3) is 3.77. The largest absolute Gasteiger partial charge is 0.349 e. The summed E-state index contributed by atoms with van der Waals surface area (Å²) >= 11 is 0. The van der Waals surface area contributed by atoms with Crippen LogP contribution in [-0.4, -0.2) is 16.9 Å². The van der Waals surface area contributed by atoms with Gasteiger partial charge in [0.15, 0.2) is 0 Å². The Morgan fingerprint density at radius 1 is 1.07 bits per heavy atom. The Labute approximate surface area is 158 Å². The Bertz CT molecular complexity index is 891. The molecule has 0 unspecified atom stereocenters. The van der Waals surface area contributed by atoms with Crippen LogP contribution >= 0.6 is 0 Å². The van der Waals surface area contributed by atoms with Crippen molar-refractivity contribution >= 4 is 23.2 Å². The lowest BCUT2D eigenvalue weighted by molar-refractivity contribution is -0.384. The Morgan fingerprint density at radius 2 is 1.89 bits per heavy atom. The van der Waals surface area contributed by atoms with E-state index < -0.39 is 4.92 Å². The van der Waals surface area contributed by atoms with Crippen molar-refractivity contribution in [2.75, 3.05) is 0 Å². The number of carbonyl (C=O) groups is 1. The molecule has 0 radical (unpaired) electrons. The summed E-state index contributed by atoms with van der Waals surface area (Å²) in [6, 6.07) is 16.1. The molecule has 5 nitrogen and oxygen atoms in total. The minimum Gasteiger partial charge on any atom is -0.349 e. The zero-order chi connectivity index (χ0) is 18.8. The van der Waals surface area contributed by atoms with E-state index in [9.17, 15) is 14.9 Å². The number of nitrogens with one attached hydrogen (secondary N) is 1. The second kappa shape index (κ2) is 7.35. The summed E-state index contributed by atoms with van der Waals surface area (Å²) < 4.78 is 0. The van der Waals surface area contributed by atoms with E-state index in [-0.39, 0.29) is 17.6 Å². The molecule has 5 heteroatoms. The van der Waals surface area contributed by atoms with Crippen LogP contribution in [0.15, 0.2) is 54.6 Å². The Balaban J connectivity index is 1.64. The maximum Gasteiger partial charge on any atom is 0.270 e. The minimum absolute atomic E-state index is 0.0182. The molecule has 2 saturated carbocycles. The molecule has 27 heavy (non-hydrogen) atoms. The molecule has 2 aromatic rings. The molecule has 0 aliphatic heterocycles. The van der Waals surface area contributed by atoms with Crippen LogP contribution in [0.5, 0.6) is 0 Å². The normalized spacial score (nSPS) is 24.0. The molecule has 0 saturated heterocycles. The van der Waals surface area contributed by atoms with Crippen molar-refractivity contribution in [1.82, 2.24) is 5.32 Å². The summed E-state index contributed by atoms with van der Waals surface area (Å²) in [4.78, 5) is 23.7. The molecule has 2 bridgehead atoms. The number of benzene rings is 2. The van der Waals surface area contributed by atoms with Gasteiger partial charge in [-0.3, -0.25) is 14.9 Å². The van der Waals surface area contributed by atoms with E-state index >= 15 is 0 Å². The summed E-state index contributed by atoms with van der Waals surface area (Å²) in [5, 5.41) is 14.3. The zero-order valence-corrected chi connectivity index (χ0v) is 15.0. The molecule has 138 valence electrons. The third-order valence-corrected chi connectivity index (χ3v) is 5.78. The topological polar surface area (TPSA) is 72.2 Å². The second-order valence-corrected chi connectivity index (χ2v) is 7.53. The summed E-state index contributed by atoms with van der Waals surface area (Å²) in [6.07, 6.45) is 6.51. The van der Waals surface area contributed by atoms with Gasteiger partial charge in [-0.1, -0.05) is 48.9 Å². The van der Waals surface area contributed by atoms with Crippen LogP contribution < -0.4 is 5.32 Å². The van der Waals surface area contributed by atoms with E-state index in [2.05, 4.69) is 5.32 Å². The molecule has 3 atom stereocenters. The molecular formula is C22H22N2O3. The standard InChI is InChI=1S/C22H22N2O3/c25-22(23-21-14-16-9-10-18(21)11-16)20(17-6-2-1-3-7-17)13-15-5-4-8-19(12-15)24(26)27/h1-8,12-13,16,18,21H,9-11,14H2,(H,23,25)/b20-13+/t16-,18-,21+/m0/s1. The molecule has 1 amide bonds. The highest BCUT2D eigenvalue weighted by molar-refractivity contribution is 6.24. The fourth-order valence-electron chi connectivity index (χ4n) is 4.46. The molecular weight excluding hydrogens is 340 g/mol. The lowest BCUT2D eigenvalue weighted by Gasteiger charge is -2.23. The Hall–Kier alpha value is -2.95. The van der Waals surface area contributed by atoms with Gasteiger partial charge in [-0.05, 0) is 48.3 Å². The van der Waals surface area contributed by atoms with Crippen molar-refractivity contribution in [3.05, 3.63) is 75.8 Å². The van der Waals surface area contributed by atoms with E-state index in [1.165, 1.54) is 31.4 Å². The van der Waals surface area contributed by atoms with E-state index in [0.29, 0.717) is 17.1 Å². The third-order valence-electron chi connectivity index (χ3n) is 5.78. The quantitative estimate of drug-likeness (QED) is 0.370. The van der Waals surface area contributed by atoms with E-state index in [1.54, 1.807) is 18.2 Å². The van der Waals surface area contributed by atoms with Gasteiger partial charge in [-0.25, -0.2) is 0 Å². The molecule has 0 spiro atoms. The number of nitrogens with zero attached hydrogens (tertiary/aromatic N) is 1. The summed E-state index contributed by atoms with van der Waals surface area (Å²) in [6.45, 7) is 0. The molecule has 0 heterocycles. The highest BCUT2D eigenvalue weighted by Gasteiger charge is 2.40. The van der Waals surface area contributed by atoms with Crippen molar-refractivity contribution < 1.29 is 9.72 Å². The molecule has 0 aromatic heterocycles. The SMILES string of the molecule is O=C(N[C@@H]1C[C@H]2CC[C@H]1C2)/C(=C/c1cccc([N+](=O)[O-])c1)c1ccccc1. The maximum atomic E-state index is 13.1. The lowest BCUT2D eigenvalue weighted by atomic mass is 9.94. The Morgan fingerprint density at radius 3 is 2.56 bits per heavy atom. The first-order chi connectivity index (χ1) is 13.1. The first-order valence-corrected chi connectivity index (χ1v) is 9.42. The maximum absolute atomic E-state index is 13.1. The van der Waals surface area contributed by atoms with Gasteiger partial charge in [0.2, 0.25) is 0 Å². The van der Waals surface area contributed by atoms with E-state index in [4.69, 9.17) is 0 Å². The van der Waals surface area contributed by atoms with Gasteiger partial charge < -0.3 is 5.32 Å². The van der Waals surface area contributed by atoms with Crippen molar-refractivity contribution in [1.29, 1.82) is 0 Å². The summed E-state index contributed by atoms with van der Waals surface area (Å²) in [5.74, 6) is 1.24. The molecule has 1 N–H and O–H groups in total. The number of nitro benzene ring substituents is 1. The average Bonchev–Trinajstić information content (AvgIpc) is 3.30. The van der Waals surface area contributed by atoms with Crippen LogP contribution in [0.4, 0.5) is 5.69 Å². The van der Waals surface area contributed by atoms with Gasteiger partial charge in [-0.15, -0.1) is 0 Å². The van der Waals surface area contributed by atoms with Crippen LogP contribution in [0.2, 0.25) is 0 Å². The van der Waals surface area contributed by atoms with Gasteiger partial charge in [-0.2, -0.15) is 0 Å². The predicted molar refractivity (Wildman–Crippen MR) is 105 cm³/mol. The Kier molecular flexibility index (Phi) is 4.75. The lowest BCUT2D eigenvalue weighted by Crippen LogP contribution is -2.38. The van der Waals surface area contributed by atoms with Crippen molar-refractivity contribution in [3.8, 4) is 0 Å². The fraction of sp³-hybridized carbons (Fsp3) is 0.318. The van der Waals surface area contributed by atoms with Gasteiger partial charge in [0, 0.05) is 23.7 Å². The molecule has 2 aliphatic carbocycles. The number of hydrogen-bond donors (Lipinski definition) is 1. The number of nitro groups is 1. The number of fused-ring (bicyclic) bond motifs is 2. The van der Waals surface area contributed by atoms with Gasteiger partial charge in [0.05, 0.1) is 4.92 Å². The minimum atomic E-state index is -0.422. The molecule has 2 aromatic carbocycles. The number of amides is 1. The van der Waals surface area contributed by atoms with E-state index in [1.807, 2.05) is 30.3 Å². The van der Waals surface area contributed by atoms with Crippen LogP contribution in [0.3, 0.4) is 0 Å². The fourth-order valence-corrected chi connectivity index (χ4v) is 4.46. The monoisotopic (exact) mass is 362 g/mol. The average molecular weight is 362 g/mol. The van der Waals surface area contributed by atoms with Crippen LogP contribution in [0.1, 0.15) is 36.8 Å². The smallest absolute Gasteiger partial charge is 0.270 e. The van der Waals surface area contributed by atoms with Crippen molar-refractivity contribution in [3.63, 3.8) is 0 Å².